The molecule has 0 bridgehead atoms. The molecule has 2 N–H and O–H groups in total. The normalized spacial score (nSPS) is 14.4. The van der Waals surface area contributed by atoms with E-state index < -0.39 is 21.7 Å². The SMILES string of the molecule is Cc1nc(NC(=O)NCCC(=O)N2CCOCC2)sc1-c1ccc(S(C)(=O)=O)c(F)c1. The predicted octanol–water partition coefficient (Wildman–Crippen LogP) is 2.03. The topological polar surface area (TPSA) is 118 Å². The van der Waals surface area contributed by atoms with Crippen molar-refractivity contribution in [2.24, 2.45) is 0 Å². The van der Waals surface area contributed by atoms with Crippen LogP contribution in [-0.4, -0.2) is 69.3 Å². The van der Waals surface area contributed by atoms with Gasteiger partial charge in [0, 0.05) is 32.3 Å². The van der Waals surface area contributed by atoms with Crippen LogP contribution in [0.25, 0.3) is 10.4 Å². The number of aromatic nitrogens is 1. The molecule has 2 heterocycles. The molecule has 1 saturated heterocycles. The maximum Gasteiger partial charge on any atom is 0.321 e. The second-order valence-electron chi connectivity index (χ2n) is 6.97. The second kappa shape index (κ2) is 9.71. The summed E-state index contributed by atoms with van der Waals surface area (Å²) in [6.45, 7) is 4.03. The number of hydrogen-bond acceptors (Lipinski definition) is 7. The average Bonchev–Trinajstić information content (AvgIpc) is 3.07. The standard InChI is InChI=1S/C19H23FN4O5S2/c1-12-17(13-3-4-15(14(20)11-13)31(2,27)28)30-19(22-12)23-18(26)21-6-5-16(25)24-7-9-29-10-8-24/h3-4,11H,5-10H2,1-2H3,(H2,21,22,23,26). The number of benzene rings is 1. The van der Waals surface area contributed by atoms with Crippen molar-refractivity contribution < 1.29 is 27.1 Å². The molecule has 1 aromatic carbocycles. The average molecular weight is 471 g/mol. The molecule has 168 valence electrons. The first-order chi connectivity index (χ1) is 14.6. The lowest BCUT2D eigenvalue weighted by Crippen LogP contribution is -2.42. The minimum absolute atomic E-state index is 0.0458. The van der Waals surface area contributed by atoms with Crippen LogP contribution in [-0.2, 0) is 19.4 Å². The van der Waals surface area contributed by atoms with Gasteiger partial charge in [0.05, 0.1) is 23.8 Å². The summed E-state index contributed by atoms with van der Waals surface area (Å²) in [6, 6.07) is 3.34. The fourth-order valence-electron chi connectivity index (χ4n) is 3.06. The number of halogens is 1. The molecule has 31 heavy (non-hydrogen) atoms. The van der Waals surface area contributed by atoms with Gasteiger partial charge in [0.2, 0.25) is 5.91 Å². The number of rotatable bonds is 6. The van der Waals surface area contributed by atoms with Crippen LogP contribution >= 0.6 is 11.3 Å². The van der Waals surface area contributed by atoms with Crippen LogP contribution < -0.4 is 10.6 Å². The molecule has 0 aliphatic carbocycles. The number of ether oxygens (including phenoxy) is 1. The molecule has 12 heteroatoms. The lowest BCUT2D eigenvalue weighted by molar-refractivity contribution is -0.135. The number of carbonyl (C=O) groups excluding carboxylic acids is 2. The monoisotopic (exact) mass is 470 g/mol. The van der Waals surface area contributed by atoms with Crippen molar-refractivity contribution in [1.29, 1.82) is 0 Å². The van der Waals surface area contributed by atoms with Crippen molar-refractivity contribution in [3.63, 3.8) is 0 Å². The zero-order chi connectivity index (χ0) is 22.6. The minimum Gasteiger partial charge on any atom is -0.378 e. The third-order valence-electron chi connectivity index (χ3n) is 4.60. The quantitative estimate of drug-likeness (QED) is 0.667. The number of urea groups is 1. The first-order valence-corrected chi connectivity index (χ1v) is 12.2. The number of sulfone groups is 1. The van der Waals surface area contributed by atoms with E-state index in [1.165, 1.54) is 12.1 Å². The van der Waals surface area contributed by atoms with Gasteiger partial charge in [-0.05, 0) is 24.6 Å². The number of carbonyl (C=O) groups is 2. The van der Waals surface area contributed by atoms with E-state index in [2.05, 4.69) is 15.6 Å². The number of morpholine rings is 1. The van der Waals surface area contributed by atoms with Crippen LogP contribution in [0, 0.1) is 12.7 Å². The Balaban J connectivity index is 1.57. The molecule has 1 aromatic heterocycles. The third kappa shape index (κ3) is 5.99. The van der Waals surface area contributed by atoms with Gasteiger partial charge in [0.25, 0.3) is 0 Å². The van der Waals surface area contributed by atoms with Gasteiger partial charge in [-0.1, -0.05) is 17.4 Å². The van der Waals surface area contributed by atoms with Gasteiger partial charge in [-0.15, -0.1) is 0 Å². The fourth-order valence-corrected chi connectivity index (χ4v) is 4.74. The first kappa shape index (κ1) is 23.1. The molecule has 0 unspecified atom stereocenters. The molecule has 0 spiro atoms. The molecule has 1 aliphatic heterocycles. The minimum atomic E-state index is -3.66. The highest BCUT2D eigenvalue weighted by Gasteiger charge is 2.18. The summed E-state index contributed by atoms with van der Waals surface area (Å²) in [5.74, 6) is -0.888. The molecule has 9 nitrogen and oxygen atoms in total. The van der Waals surface area contributed by atoms with Gasteiger partial charge in [-0.2, -0.15) is 0 Å². The van der Waals surface area contributed by atoms with Gasteiger partial charge >= 0.3 is 6.03 Å². The van der Waals surface area contributed by atoms with E-state index in [0.717, 1.165) is 23.7 Å². The molecule has 0 radical (unpaired) electrons. The lowest BCUT2D eigenvalue weighted by Gasteiger charge is -2.26. The Bertz CT molecular complexity index is 1080. The van der Waals surface area contributed by atoms with Crippen molar-refractivity contribution in [3.8, 4) is 10.4 Å². The molecule has 1 fully saturated rings. The first-order valence-electron chi connectivity index (χ1n) is 9.53. The Hall–Kier alpha value is -2.57. The summed E-state index contributed by atoms with van der Waals surface area (Å²) < 4.78 is 42.6. The Morgan fingerprint density at radius 2 is 2.00 bits per heavy atom. The van der Waals surface area contributed by atoms with Crippen LogP contribution in [0.5, 0.6) is 0 Å². The molecule has 0 atom stereocenters. The highest BCUT2D eigenvalue weighted by molar-refractivity contribution is 7.90. The number of hydrogen-bond donors (Lipinski definition) is 2. The highest BCUT2D eigenvalue weighted by atomic mass is 32.2. The molecule has 3 rings (SSSR count). The number of nitrogens with zero attached hydrogens (tertiary/aromatic N) is 2. The molecular formula is C19H23FN4O5S2. The maximum atomic E-state index is 14.2. The van der Waals surface area contributed by atoms with Crippen LogP contribution in [0.15, 0.2) is 23.1 Å². The second-order valence-corrected chi connectivity index (χ2v) is 9.96. The number of thiazole rings is 1. The van der Waals surface area contributed by atoms with Gasteiger partial charge in [0.1, 0.15) is 10.7 Å². The van der Waals surface area contributed by atoms with Crippen molar-refractivity contribution in [1.82, 2.24) is 15.2 Å². The van der Waals surface area contributed by atoms with Crippen LogP contribution in [0.2, 0.25) is 0 Å². The summed E-state index contributed by atoms with van der Waals surface area (Å²) in [5.41, 5.74) is 1.03. The van der Waals surface area contributed by atoms with Crippen molar-refractivity contribution in [2.45, 2.75) is 18.2 Å². The number of anilines is 1. The summed E-state index contributed by atoms with van der Waals surface area (Å²) >= 11 is 1.14. The third-order valence-corrected chi connectivity index (χ3v) is 6.85. The van der Waals surface area contributed by atoms with E-state index in [4.69, 9.17) is 4.74 Å². The Morgan fingerprint density at radius 1 is 1.29 bits per heavy atom. The van der Waals surface area contributed by atoms with Gasteiger partial charge < -0.3 is 15.0 Å². The summed E-state index contributed by atoms with van der Waals surface area (Å²) in [4.78, 5) is 30.4. The molecule has 2 aromatic rings. The Labute approximate surface area is 183 Å². The lowest BCUT2D eigenvalue weighted by atomic mass is 10.1. The van der Waals surface area contributed by atoms with Crippen molar-refractivity contribution in [2.75, 3.05) is 44.4 Å². The van der Waals surface area contributed by atoms with Crippen molar-refractivity contribution >= 4 is 38.2 Å². The Kier molecular flexibility index (Phi) is 7.23. The van der Waals surface area contributed by atoms with E-state index in [9.17, 15) is 22.4 Å². The van der Waals surface area contributed by atoms with E-state index in [1.807, 2.05) is 0 Å². The summed E-state index contributed by atoms with van der Waals surface area (Å²) in [6.07, 6.45) is 1.12. The van der Waals surface area contributed by atoms with Crippen LogP contribution in [0.1, 0.15) is 12.1 Å². The maximum absolute atomic E-state index is 14.2. The molecule has 0 saturated carbocycles. The zero-order valence-corrected chi connectivity index (χ0v) is 18.7. The van der Waals surface area contributed by atoms with E-state index in [0.29, 0.717) is 47.6 Å². The van der Waals surface area contributed by atoms with Gasteiger partial charge in [-0.3, -0.25) is 10.1 Å². The summed E-state index contributed by atoms with van der Waals surface area (Å²) in [5, 5.41) is 5.52. The molecular weight excluding hydrogens is 447 g/mol. The highest BCUT2D eigenvalue weighted by Crippen LogP contribution is 2.34. The molecule has 3 amide bonds. The number of amides is 3. The zero-order valence-electron chi connectivity index (χ0n) is 17.1. The number of aryl methyl sites for hydroxylation is 1. The smallest absolute Gasteiger partial charge is 0.321 e. The Morgan fingerprint density at radius 3 is 2.65 bits per heavy atom. The predicted molar refractivity (Wildman–Crippen MR) is 114 cm³/mol. The van der Waals surface area contributed by atoms with Crippen molar-refractivity contribution in [3.05, 3.63) is 29.7 Å². The summed E-state index contributed by atoms with van der Waals surface area (Å²) in [7, 11) is -3.66. The molecule has 1 aliphatic rings. The van der Waals surface area contributed by atoms with E-state index in [1.54, 1.807) is 11.8 Å². The van der Waals surface area contributed by atoms with Gasteiger partial charge in [-0.25, -0.2) is 22.6 Å². The van der Waals surface area contributed by atoms with Gasteiger partial charge in [0.15, 0.2) is 15.0 Å². The fraction of sp³-hybridized carbons (Fsp3) is 0.421. The van der Waals surface area contributed by atoms with E-state index in [-0.39, 0.29) is 23.8 Å². The van der Waals surface area contributed by atoms with Crippen LogP contribution in [0.4, 0.5) is 14.3 Å². The number of nitrogens with one attached hydrogen (secondary N) is 2. The van der Waals surface area contributed by atoms with Crippen LogP contribution in [0.3, 0.4) is 0 Å². The van der Waals surface area contributed by atoms with E-state index >= 15 is 0 Å². The largest absolute Gasteiger partial charge is 0.378 e.